The second-order valence-electron chi connectivity index (χ2n) is 2.46. The van der Waals surface area contributed by atoms with Crippen LogP contribution < -0.4 is 4.74 Å². The molecule has 0 aliphatic carbocycles. The molecule has 0 bridgehead atoms. The quantitative estimate of drug-likeness (QED) is 0.607. The van der Waals surface area contributed by atoms with Crippen LogP contribution in [-0.4, -0.2) is 18.8 Å². The first-order valence-electron chi connectivity index (χ1n) is 3.82. The molecular formula is C9H7Cl3O2. The van der Waals surface area contributed by atoms with Crippen LogP contribution in [0.2, 0.25) is 10.0 Å². The molecule has 0 spiro atoms. The van der Waals surface area contributed by atoms with Crippen LogP contribution in [0.25, 0.3) is 0 Å². The molecular weight excluding hydrogens is 246 g/mol. The van der Waals surface area contributed by atoms with Gasteiger partial charge in [0.25, 0.3) is 0 Å². The van der Waals surface area contributed by atoms with Crippen molar-refractivity contribution in [2.75, 3.05) is 12.5 Å². The molecule has 0 saturated carbocycles. The molecule has 0 N–H and O–H groups in total. The maximum atomic E-state index is 10.7. The molecule has 0 saturated heterocycles. The number of rotatable bonds is 4. The summed E-state index contributed by atoms with van der Waals surface area (Å²) in [5, 5.41) is 0.708. The van der Waals surface area contributed by atoms with Crippen LogP contribution in [0.3, 0.4) is 0 Å². The van der Waals surface area contributed by atoms with Gasteiger partial charge in [0.1, 0.15) is 12.4 Å². The minimum absolute atomic E-state index is 0.295. The Kier molecular flexibility index (Phi) is 4.52. The van der Waals surface area contributed by atoms with E-state index in [1.807, 2.05) is 0 Å². The lowest BCUT2D eigenvalue weighted by Gasteiger charge is -2.08. The smallest absolute Gasteiger partial charge is 0.153 e. The highest BCUT2D eigenvalue weighted by atomic mass is 35.5. The summed E-state index contributed by atoms with van der Waals surface area (Å²) in [5.74, 6) is 0.656. The van der Waals surface area contributed by atoms with Gasteiger partial charge in [0, 0.05) is 5.02 Å². The summed E-state index contributed by atoms with van der Waals surface area (Å²) in [6.45, 7) is 0.295. The Morgan fingerprint density at radius 2 is 2.07 bits per heavy atom. The van der Waals surface area contributed by atoms with E-state index in [-0.39, 0.29) is 0 Å². The summed E-state index contributed by atoms with van der Waals surface area (Å²) in [6.07, 6.45) is 0.640. The first-order valence-corrected chi connectivity index (χ1v) is 5.11. The molecule has 5 heteroatoms. The molecule has 0 heterocycles. The van der Waals surface area contributed by atoms with E-state index >= 15 is 0 Å². The minimum atomic E-state index is 0.295. The SMILES string of the molecule is O=Cc1cc(Cl)cc(Cl)c1OCCCl. The van der Waals surface area contributed by atoms with E-state index in [1.54, 1.807) is 0 Å². The zero-order chi connectivity index (χ0) is 10.6. The second-order valence-corrected chi connectivity index (χ2v) is 3.68. The van der Waals surface area contributed by atoms with E-state index in [0.29, 0.717) is 40.1 Å². The lowest BCUT2D eigenvalue weighted by molar-refractivity contribution is 0.112. The molecule has 1 aromatic carbocycles. The van der Waals surface area contributed by atoms with E-state index in [2.05, 4.69) is 0 Å². The molecule has 0 radical (unpaired) electrons. The molecule has 1 aromatic rings. The van der Waals surface area contributed by atoms with Crippen molar-refractivity contribution in [2.24, 2.45) is 0 Å². The number of carbonyl (C=O) groups excluding carboxylic acids is 1. The number of benzene rings is 1. The molecule has 76 valence electrons. The van der Waals surface area contributed by atoms with Gasteiger partial charge in [-0.15, -0.1) is 11.6 Å². The molecule has 0 aliphatic rings. The largest absolute Gasteiger partial charge is 0.490 e. The van der Waals surface area contributed by atoms with Crippen molar-refractivity contribution < 1.29 is 9.53 Å². The Morgan fingerprint density at radius 1 is 1.36 bits per heavy atom. The minimum Gasteiger partial charge on any atom is -0.490 e. The van der Waals surface area contributed by atoms with E-state index < -0.39 is 0 Å². The molecule has 0 amide bonds. The number of aldehydes is 1. The van der Waals surface area contributed by atoms with Gasteiger partial charge < -0.3 is 4.74 Å². The summed E-state index contributed by atoms with van der Waals surface area (Å²) in [6, 6.07) is 3.00. The van der Waals surface area contributed by atoms with Gasteiger partial charge in [-0.2, -0.15) is 0 Å². The Hall–Kier alpha value is -0.440. The first kappa shape index (κ1) is 11.6. The summed E-state index contributed by atoms with van der Waals surface area (Å²) in [5.41, 5.74) is 0.326. The van der Waals surface area contributed by atoms with Crippen LogP contribution >= 0.6 is 34.8 Å². The Bertz CT molecular complexity index is 339. The third-order valence-corrected chi connectivity index (χ3v) is 2.14. The van der Waals surface area contributed by atoms with Crippen molar-refractivity contribution in [3.05, 3.63) is 27.7 Å². The number of hydrogen-bond donors (Lipinski definition) is 0. The number of alkyl halides is 1. The average molecular weight is 254 g/mol. The zero-order valence-electron chi connectivity index (χ0n) is 7.10. The fourth-order valence-corrected chi connectivity index (χ4v) is 1.60. The Balaban J connectivity index is 3.05. The fraction of sp³-hybridized carbons (Fsp3) is 0.222. The van der Waals surface area contributed by atoms with E-state index in [4.69, 9.17) is 39.5 Å². The average Bonchev–Trinajstić information content (AvgIpc) is 2.15. The summed E-state index contributed by atoms with van der Waals surface area (Å²) in [4.78, 5) is 10.7. The lowest BCUT2D eigenvalue weighted by atomic mass is 10.2. The van der Waals surface area contributed by atoms with E-state index in [9.17, 15) is 4.79 Å². The van der Waals surface area contributed by atoms with Gasteiger partial charge in [-0.05, 0) is 12.1 Å². The molecule has 0 unspecified atom stereocenters. The number of carbonyl (C=O) groups is 1. The zero-order valence-corrected chi connectivity index (χ0v) is 9.36. The fourth-order valence-electron chi connectivity index (χ4n) is 0.961. The van der Waals surface area contributed by atoms with Gasteiger partial charge in [-0.1, -0.05) is 23.2 Å². The molecule has 0 aromatic heterocycles. The normalized spacial score (nSPS) is 9.93. The number of ether oxygens (including phenoxy) is 1. The molecule has 0 fully saturated rings. The highest BCUT2D eigenvalue weighted by molar-refractivity contribution is 6.36. The first-order chi connectivity index (χ1) is 6.69. The van der Waals surface area contributed by atoms with Crippen LogP contribution in [0.1, 0.15) is 10.4 Å². The van der Waals surface area contributed by atoms with E-state index in [0.717, 1.165) is 0 Å². The standard InChI is InChI=1S/C9H7Cl3O2/c10-1-2-14-9-6(5-13)3-7(11)4-8(9)12/h3-5H,1-2H2. The molecule has 1 rings (SSSR count). The highest BCUT2D eigenvalue weighted by Gasteiger charge is 2.09. The van der Waals surface area contributed by atoms with Gasteiger partial charge in [-0.25, -0.2) is 0 Å². The van der Waals surface area contributed by atoms with Crippen molar-refractivity contribution in [3.8, 4) is 5.75 Å². The van der Waals surface area contributed by atoms with Crippen molar-refractivity contribution in [1.82, 2.24) is 0 Å². The van der Waals surface area contributed by atoms with Crippen LogP contribution in [0.15, 0.2) is 12.1 Å². The lowest BCUT2D eigenvalue weighted by Crippen LogP contribution is -2.01. The van der Waals surface area contributed by atoms with Gasteiger partial charge in [0.15, 0.2) is 6.29 Å². The summed E-state index contributed by atoms with van der Waals surface area (Å²) in [7, 11) is 0. The molecule has 0 atom stereocenters. The van der Waals surface area contributed by atoms with Gasteiger partial charge in [-0.3, -0.25) is 4.79 Å². The maximum absolute atomic E-state index is 10.7. The van der Waals surface area contributed by atoms with Crippen molar-refractivity contribution in [2.45, 2.75) is 0 Å². The van der Waals surface area contributed by atoms with Gasteiger partial charge in [0.05, 0.1) is 16.5 Å². The van der Waals surface area contributed by atoms with Crippen molar-refractivity contribution >= 4 is 41.1 Å². The number of halogens is 3. The van der Waals surface area contributed by atoms with Crippen molar-refractivity contribution in [1.29, 1.82) is 0 Å². The summed E-state index contributed by atoms with van der Waals surface area (Å²) >= 11 is 17.0. The maximum Gasteiger partial charge on any atom is 0.153 e. The molecule has 0 aliphatic heterocycles. The van der Waals surface area contributed by atoms with E-state index in [1.165, 1.54) is 12.1 Å². The topological polar surface area (TPSA) is 26.3 Å². The monoisotopic (exact) mass is 252 g/mol. The number of hydrogen-bond acceptors (Lipinski definition) is 2. The van der Waals surface area contributed by atoms with Crippen LogP contribution in [0.4, 0.5) is 0 Å². The van der Waals surface area contributed by atoms with Gasteiger partial charge >= 0.3 is 0 Å². The predicted molar refractivity (Wildman–Crippen MR) is 58.1 cm³/mol. The summed E-state index contributed by atoms with van der Waals surface area (Å²) < 4.78 is 5.21. The predicted octanol–water partition coefficient (Wildman–Crippen LogP) is 3.42. The van der Waals surface area contributed by atoms with Crippen LogP contribution in [0, 0.1) is 0 Å². The van der Waals surface area contributed by atoms with Gasteiger partial charge in [0.2, 0.25) is 0 Å². The van der Waals surface area contributed by atoms with Crippen molar-refractivity contribution in [3.63, 3.8) is 0 Å². The molecule has 14 heavy (non-hydrogen) atoms. The molecule has 2 nitrogen and oxygen atoms in total. The third-order valence-electron chi connectivity index (χ3n) is 1.49. The highest BCUT2D eigenvalue weighted by Crippen LogP contribution is 2.31. The Morgan fingerprint density at radius 3 is 2.64 bits per heavy atom. The second kappa shape index (κ2) is 5.44. The van der Waals surface area contributed by atoms with Crippen LogP contribution in [0.5, 0.6) is 5.75 Å². The Labute approximate surface area is 96.7 Å². The van der Waals surface area contributed by atoms with Crippen LogP contribution in [-0.2, 0) is 0 Å². The third kappa shape index (κ3) is 2.77.